The van der Waals surface area contributed by atoms with Crippen molar-refractivity contribution >= 4 is 28.4 Å². The number of nitrogens with zero attached hydrogens (tertiary/aromatic N) is 3. The molecule has 2 saturated carbocycles. The Kier molecular flexibility index (Phi) is 6.60. The molecule has 1 amide bonds. The number of ether oxygens (including phenoxy) is 1. The Morgan fingerprint density at radius 2 is 1.95 bits per heavy atom. The Morgan fingerprint density at radius 1 is 1.14 bits per heavy atom. The van der Waals surface area contributed by atoms with Crippen LogP contribution in [0, 0.1) is 41.4 Å². The van der Waals surface area contributed by atoms with Crippen LogP contribution in [0.3, 0.4) is 0 Å². The number of aryl methyl sites for hydroxylation is 1. The van der Waals surface area contributed by atoms with Gasteiger partial charge in [-0.1, -0.05) is 13.8 Å². The van der Waals surface area contributed by atoms with Gasteiger partial charge in [-0.2, -0.15) is 4.98 Å². The maximum Gasteiger partial charge on any atom is 0.574 e. The molecule has 4 aliphatic rings. The summed E-state index contributed by atoms with van der Waals surface area (Å²) in [5.41, 5.74) is 2.08. The first kappa shape index (κ1) is 28.9. The van der Waals surface area contributed by atoms with E-state index in [9.17, 15) is 22.8 Å². The zero-order valence-electron chi connectivity index (χ0n) is 25.0. The van der Waals surface area contributed by atoms with E-state index in [0.29, 0.717) is 36.2 Å². The number of rotatable bonds is 4. The number of pyridine rings is 2. The molecule has 44 heavy (non-hydrogen) atoms. The second-order valence-corrected chi connectivity index (χ2v) is 13.5. The lowest BCUT2D eigenvalue weighted by molar-refractivity contribution is -0.275. The van der Waals surface area contributed by atoms with E-state index in [0.717, 1.165) is 48.9 Å². The summed E-state index contributed by atoms with van der Waals surface area (Å²) < 4.78 is 46.5. The topological polar surface area (TPSA) is 98.1 Å². The number of hydrogen-bond donors (Lipinski definition) is 2. The van der Waals surface area contributed by atoms with Crippen LogP contribution in [0.5, 0.6) is 5.88 Å². The molecule has 3 aromatic rings. The predicted molar refractivity (Wildman–Crippen MR) is 158 cm³/mol. The van der Waals surface area contributed by atoms with Gasteiger partial charge in [0.05, 0.1) is 0 Å². The van der Waals surface area contributed by atoms with Crippen molar-refractivity contribution in [2.24, 2.45) is 34.5 Å². The number of aromatic nitrogens is 3. The number of ketones is 1. The first-order valence-electron chi connectivity index (χ1n) is 15.4. The van der Waals surface area contributed by atoms with Gasteiger partial charge in [0.1, 0.15) is 17.2 Å². The molecule has 3 aliphatic carbocycles. The van der Waals surface area contributed by atoms with E-state index < -0.39 is 12.2 Å². The van der Waals surface area contributed by atoms with Gasteiger partial charge in [0, 0.05) is 53.9 Å². The third kappa shape index (κ3) is 4.66. The largest absolute Gasteiger partial charge is 0.574 e. The predicted octanol–water partition coefficient (Wildman–Crippen LogP) is 6.48. The van der Waals surface area contributed by atoms with Crippen LogP contribution in [0.2, 0.25) is 0 Å². The van der Waals surface area contributed by atoms with Gasteiger partial charge in [-0.25, -0.2) is 4.98 Å². The van der Waals surface area contributed by atoms with Crippen LogP contribution in [0.15, 0.2) is 48.4 Å². The number of anilines is 1. The number of allylic oxidation sites excluding steroid dienone is 2. The zero-order chi connectivity index (χ0) is 31.0. The average Bonchev–Trinajstić information content (AvgIpc) is 3.54. The fourth-order valence-electron chi connectivity index (χ4n) is 8.96. The van der Waals surface area contributed by atoms with Crippen molar-refractivity contribution in [2.45, 2.75) is 65.7 Å². The van der Waals surface area contributed by atoms with E-state index in [4.69, 9.17) is 0 Å². The van der Waals surface area contributed by atoms with E-state index in [1.165, 1.54) is 6.07 Å². The third-order valence-electron chi connectivity index (χ3n) is 11.1. The molecule has 3 aromatic heterocycles. The SMILES string of the molecule is Cc1cnc2c(ccn2-c2ccc(NC(=O)C3CCC4C5CNC6=CC(=O)CC[C@]6(C)C5CC[C@]34C)c(OC(F)(F)F)n2)c1. The molecule has 1 saturated heterocycles. The van der Waals surface area contributed by atoms with E-state index in [1.54, 1.807) is 29.1 Å². The molecular weight excluding hydrogens is 571 g/mol. The molecule has 3 fully saturated rings. The summed E-state index contributed by atoms with van der Waals surface area (Å²) in [5.74, 6) is 0.0713. The molecular formula is C33H36F3N5O3. The Balaban J connectivity index is 1.14. The average molecular weight is 608 g/mol. The second kappa shape index (κ2) is 10.1. The van der Waals surface area contributed by atoms with Crippen molar-refractivity contribution in [3.63, 3.8) is 0 Å². The lowest BCUT2D eigenvalue weighted by atomic mass is 9.50. The minimum Gasteiger partial charge on any atom is -0.387 e. The first-order chi connectivity index (χ1) is 20.9. The fourth-order valence-corrected chi connectivity index (χ4v) is 8.96. The molecule has 11 heteroatoms. The molecule has 0 bridgehead atoms. The molecule has 0 spiro atoms. The number of fused-ring (bicyclic) bond motifs is 6. The van der Waals surface area contributed by atoms with Gasteiger partial charge in [-0.3, -0.25) is 14.2 Å². The molecule has 0 radical (unpaired) electrons. The first-order valence-corrected chi connectivity index (χ1v) is 15.4. The van der Waals surface area contributed by atoms with Crippen molar-refractivity contribution in [3.05, 3.63) is 54.0 Å². The number of carbonyl (C=O) groups is 2. The summed E-state index contributed by atoms with van der Waals surface area (Å²) in [7, 11) is 0. The minimum absolute atomic E-state index is 0.0743. The third-order valence-corrected chi connectivity index (χ3v) is 11.1. The van der Waals surface area contributed by atoms with Crippen molar-refractivity contribution in [3.8, 4) is 11.7 Å². The van der Waals surface area contributed by atoms with E-state index in [2.05, 4.69) is 39.2 Å². The van der Waals surface area contributed by atoms with Gasteiger partial charge < -0.3 is 15.4 Å². The lowest BCUT2D eigenvalue weighted by Gasteiger charge is -2.58. The van der Waals surface area contributed by atoms with Crippen LogP contribution in [0.4, 0.5) is 18.9 Å². The minimum atomic E-state index is -5.00. The molecule has 2 N–H and O–H groups in total. The normalized spacial score (nSPS) is 31.4. The summed E-state index contributed by atoms with van der Waals surface area (Å²) >= 11 is 0. The summed E-state index contributed by atoms with van der Waals surface area (Å²) in [4.78, 5) is 34.6. The monoisotopic (exact) mass is 607 g/mol. The van der Waals surface area contributed by atoms with Crippen LogP contribution in [0.25, 0.3) is 16.9 Å². The number of halogens is 3. The molecule has 0 aromatic carbocycles. The number of amides is 1. The van der Waals surface area contributed by atoms with Crippen LogP contribution in [-0.4, -0.2) is 39.1 Å². The van der Waals surface area contributed by atoms with E-state index >= 15 is 0 Å². The molecule has 1 aliphatic heterocycles. The molecule has 232 valence electrons. The van der Waals surface area contributed by atoms with Gasteiger partial charge in [0.25, 0.3) is 0 Å². The molecule has 6 atom stereocenters. The molecule has 4 heterocycles. The number of carbonyl (C=O) groups excluding carboxylic acids is 2. The second-order valence-electron chi connectivity index (χ2n) is 13.5. The van der Waals surface area contributed by atoms with Crippen LogP contribution < -0.4 is 15.4 Å². The summed E-state index contributed by atoms with van der Waals surface area (Å²) in [6.45, 7) is 7.12. The zero-order valence-corrected chi connectivity index (χ0v) is 25.0. The van der Waals surface area contributed by atoms with Gasteiger partial charge in [-0.05, 0) is 92.0 Å². The van der Waals surface area contributed by atoms with Gasteiger partial charge in [-0.15, -0.1) is 13.2 Å². The highest BCUT2D eigenvalue weighted by molar-refractivity contribution is 5.94. The van der Waals surface area contributed by atoms with E-state index in [1.807, 2.05) is 19.1 Å². The van der Waals surface area contributed by atoms with Gasteiger partial charge >= 0.3 is 6.36 Å². The fraction of sp³-hybridized carbons (Fsp3) is 0.515. The highest BCUT2D eigenvalue weighted by Crippen LogP contribution is 2.64. The molecule has 4 unspecified atom stereocenters. The highest BCUT2D eigenvalue weighted by atomic mass is 19.4. The van der Waals surface area contributed by atoms with Crippen molar-refractivity contribution < 1.29 is 27.5 Å². The van der Waals surface area contributed by atoms with Crippen LogP contribution in [0.1, 0.15) is 57.9 Å². The summed E-state index contributed by atoms with van der Waals surface area (Å²) in [5, 5.41) is 7.16. The Labute approximate surface area is 253 Å². The number of hydrogen-bond acceptors (Lipinski definition) is 6. The van der Waals surface area contributed by atoms with Gasteiger partial charge in [0.15, 0.2) is 5.78 Å². The summed E-state index contributed by atoms with van der Waals surface area (Å²) in [6.07, 6.45) is 4.89. The quantitative estimate of drug-likeness (QED) is 0.352. The number of nitrogens with one attached hydrogen (secondary N) is 2. The standard InChI is InChI=1S/C33H36F3N5O3/c1-18-14-19-10-13-41(28(19)38-16-18)27-7-6-25(30(40-27)44-33(34,35)36)39-29(43)24-5-4-22-21-17-37-26-15-20(42)8-11-32(26,3)23(21)9-12-31(22,24)2/h6-7,10,13-16,21-24,37H,4-5,8-9,11-12,17H2,1-3H3,(H,39,43)/t21?,22?,23?,24?,31-,32+/m0/s1. The Morgan fingerprint density at radius 3 is 2.75 bits per heavy atom. The molecule has 8 nitrogen and oxygen atoms in total. The van der Waals surface area contributed by atoms with E-state index in [-0.39, 0.29) is 39.9 Å². The Bertz CT molecular complexity index is 1700. The number of piperidine rings is 1. The van der Waals surface area contributed by atoms with Crippen molar-refractivity contribution in [2.75, 3.05) is 11.9 Å². The van der Waals surface area contributed by atoms with Crippen LogP contribution >= 0.6 is 0 Å². The molecule has 7 rings (SSSR count). The Hall–Kier alpha value is -3.89. The maximum absolute atomic E-state index is 13.8. The summed E-state index contributed by atoms with van der Waals surface area (Å²) in [6, 6.07) is 6.71. The maximum atomic E-state index is 13.8. The van der Waals surface area contributed by atoms with Crippen LogP contribution in [-0.2, 0) is 9.59 Å². The highest BCUT2D eigenvalue weighted by Gasteiger charge is 2.60. The smallest absolute Gasteiger partial charge is 0.387 e. The lowest BCUT2D eigenvalue weighted by Crippen LogP contribution is -2.57. The van der Waals surface area contributed by atoms with Crippen molar-refractivity contribution in [1.29, 1.82) is 0 Å². The number of alkyl halides is 3. The van der Waals surface area contributed by atoms with Crippen molar-refractivity contribution in [1.82, 2.24) is 19.9 Å². The van der Waals surface area contributed by atoms with Gasteiger partial charge in [0.2, 0.25) is 11.8 Å².